The molecule has 0 radical (unpaired) electrons. The van der Waals surface area contributed by atoms with Gasteiger partial charge in [-0.2, -0.15) is 0 Å². The van der Waals surface area contributed by atoms with E-state index in [1.54, 1.807) is 0 Å². The zero-order valence-corrected chi connectivity index (χ0v) is 13.2. The number of nitrogens with one attached hydrogen (secondary N) is 1. The van der Waals surface area contributed by atoms with Crippen LogP contribution in [0.15, 0.2) is 24.3 Å². The van der Waals surface area contributed by atoms with Crippen molar-refractivity contribution in [3.05, 3.63) is 29.8 Å². The molecule has 1 aromatic rings. The summed E-state index contributed by atoms with van der Waals surface area (Å²) >= 11 is 0. The Morgan fingerprint density at radius 1 is 1.19 bits per heavy atom. The highest BCUT2D eigenvalue weighted by Crippen LogP contribution is 2.13. The summed E-state index contributed by atoms with van der Waals surface area (Å²) in [7, 11) is 0. The van der Waals surface area contributed by atoms with Crippen molar-refractivity contribution in [1.29, 1.82) is 0 Å². The van der Waals surface area contributed by atoms with Crippen molar-refractivity contribution in [2.75, 3.05) is 6.61 Å². The number of carbonyl (C=O) groups is 1. The Kier molecular flexibility index (Phi) is 8.51. The maximum atomic E-state index is 10.7. The number of nitrogens with two attached hydrogens (primary N) is 1. The smallest absolute Gasteiger partial charge is 0.255 e. The van der Waals surface area contributed by atoms with Crippen molar-refractivity contribution < 1.29 is 9.53 Å². The molecule has 21 heavy (non-hydrogen) atoms. The van der Waals surface area contributed by atoms with Gasteiger partial charge in [0.05, 0.1) is 0 Å². The maximum absolute atomic E-state index is 10.7. The van der Waals surface area contributed by atoms with Crippen molar-refractivity contribution in [2.24, 2.45) is 5.73 Å². The van der Waals surface area contributed by atoms with Crippen LogP contribution in [0, 0.1) is 0 Å². The first-order valence-corrected chi connectivity index (χ1v) is 7.89. The van der Waals surface area contributed by atoms with Crippen LogP contribution in [0.25, 0.3) is 0 Å². The molecule has 4 heteroatoms. The molecule has 0 aromatic heterocycles. The molecule has 0 saturated carbocycles. The van der Waals surface area contributed by atoms with E-state index in [0.717, 1.165) is 6.54 Å². The van der Waals surface area contributed by atoms with E-state index < -0.39 is 5.91 Å². The number of ether oxygens (including phenoxy) is 1. The second-order valence-corrected chi connectivity index (χ2v) is 5.41. The van der Waals surface area contributed by atoms with Crippen molar-refractivity contribution >= 4 is 5.91 Å². The third-order valence-electron chi connectivity index (χ3n) is 3.44. The summed E-state index contributed by atoms with van der Waals surface area (Å²) in [5, 5.41) is 3.63. The number of unbranched alkanes of at least 4 members (excludes halogenated alkanes) is 1. The minimum absolute atomic E-state index is 0.0762. The van der Waals surface area contributed by atoms with Gasteiger partial charge in [-0.15, -0.1) is 0 Å². The number of hydrogen-bond donors (Lipinski definition) is 2. The van der Waals surface area contributed by atoms with Crippen LogP contribution in [0.4, 0.5) is 0 Å². The van der Waals surface area contributed by atoms with Crippen molar-refractivity contribution in [2.45, 2.75) is 58.5 Å². The van der Waals surface area contributed by atoms with Crippen LogP contribution in [-0.2, 0) is 11.3 Å². The fraction of sp³-hybridized carbons (Fsp3) is 0.588. The fourth-order valence-electron chi connectivity index (χ4n) is 2.27. The summed E-state index contributed by atoms with van der Waals surface area (Å²) in [6.07, 6.45) is 6.19. The van der Waals surface area contributed by atoms with Crippen molar-refractivity contribution in [3.63, 3.8) is 0 Å². The van der Waals surface area contributed by atoms with E-state index in [0.29, 0.717) is 11.8 Å². The third-order valence-corrected chi connectivity index (χ3v) is 3.44. The summed E-state index contributed by atoms with van der Waals surface area (Å²) in [6, 6.07) is 8.39. The van der Waals surface area contributed by atoms with Gasteiger partial charge in [0.2, 0.25) is 0 Å². The molecular formula is C17H28N2O2. The van der Waals surface area contributed by atoms with E-state index in [9.17, 15) is 4.79 Å². The van der Waals surface area contributed by atoms with Crippen LogP contribution in [0.2, 0.25) is 0 Å². The van der Waals surface area contributed by atoms with Gasteiger partial charge in [0.1, 0.15) is 5.75 Å². The molecule has 4 nitrogen and oxygen atoms in total. The number of carbonyl (C=O) groups excluding carboxylic acids is 1. The number of amides is 1. The lowest BCUT2D eigenvalue weighted by molar-refractivity contribution is -0.119. The molecule has 0 spiro atoms. The molecule has 0 aliphatic heterocycles. The highest BCUT2D eigenvalue weighted by molar-refractivity contribution is 5.75. The molecule has 1 amide bonds. The first-order valence-electron chi connectivity index (χ1n) is 7.89. The van der Waals surface area contributed by atoms with Gasteiger partial charge in [-0.25, -0.2) is 0 Å². The number of primary amides is 1. The SMILES string of the molecule is CCCCC(CCC)NCc1ccc(OCC(N)=O)cc1. The standard InChI is InChI=1S/C17H28N2O2/c1-3-5-7-15(6-4-2)19-12-14-8-10-16(11-9-14)21-13-17(18)20/h8-11,15,19H,3-7,12-13H2,1-2H3,(H2,18,20). The van der Waals surface area contributed by atoms with Crippen LogP contribution in [0.3, 0.4) is 0 Å². The highest BCUT2D eigenvalue weighted by atomic mass is 16.5. The predicted octanol–water partition coefficient (Wildman–Crippen LogP) is 3.00. The molecule has 1 rings (SSSR count). The van der Waals surface area contributed by atoms with E-state index in [-0.39, 0.29) is 6.61 Å². The summed E-state index contributed by atoms with van der Waals surface area (Å²) in [4.78, 5) is 10.7. The highest BCUT2D eigenvalue weighted by Gasteiger charge is 2.06. The van der Waals surface area contributed by atoms with Gasteiger partial charge in [-0.3, -0.25) is 4.79 Å². The Morgan fingerprint density at radius 2 is 1.90 bits per heavy atom. The second kappa shape index (κ2) is 10.2. The van der Waals surface area contributed by atoms with E-state index in [1.807, 2.05) is 24.3 Å². The summed E-state index contributed by atoms with van der Waals surface area (Å²) < 4.78 is 5.24. The van der Waals surface area contributed by atoms with Crippen LogP contribution < -0.4 is 15.8 Å². The van der Waals surface area contributed by atoms with Crippen LogP contribution in [-0.4, -0.2) is 18.6 Å². The zero-order valence-electron chi connectivity index (χ0n) is 13.2. The minimum Gasteiger partial charge on any atom is -0.484 e. The van der Waals surface area contributed by atoms with Gasteiger partial charge < -0.3 is 15.8 Å². The van der Waals surface area contributed by atoms with Gasteiger partial charge in [0.15, 0.2) is 6.61 Å². The molecular weight excluding hydrogens is 264 g/mol. The van der Waals surface area contributed by atoms with E-state index in [4.69, 9.17) is 10.5 Å². The number of rotatable bonds is 11. The number of benzene rings is 1. The largest absolute Gasteiger partial charge is 0.484 e. The van der Waals surface area contributed by atoms with Crippen molar-refractivity contribution in [1.82, 2.24) is 5.32 Å². The molecule has 0 fully saturated rings. The van der Waals surface area contributed by atoms with E-state index >= 15 is 0 Å². The topological polar surface area (TPSA) is 64.3 Å². The molecule has 0 bridgehead atoms. The Balaban J connectivity index is 2.41. The van der Waals surface area contributed by atoms with Gasteiger partial charge in [-0.1, -0.05) is 45.2 Å². The number of hydrogen-bond acceptors (Lipinski definition) is 3. The molecule has 118 valence electrons. The third kappa shape index (κ3) is 7.71. The zero-order chi connectivity index (χ0) is 15.5. The molecule has 0 aliphatic rings. The first kappa shape index (κ1) is 17.5. The van der Waals surface area contributed by atoms with E-state index in [1.165, 1.54) is 37.7 Å². The van der Waals surface area contributed by atoms with Crippen LogP contribution >= 0.6 is 0 Å². The Labute approximate surface area is 128 Å². The minimum atomic E-state index is -0.459. The Morgan fingerprint density at radius 3 is 2.48 bits per heavy atom. The molecule has 3 N–H and O–H groups in total. The average Bonchev–Trinajstić information content (AvgIpc) is 2.49. The average molecular weight is 292 g/mol. The monoisotopic (exact) mass is 292 g/mol. The molecule has 0 saturated heterocycles. The quantitative estimate of drug-likeness (QED) is 0.659. The molecule has 0 heterocycles. The lowest BCUT2D eigenvalue weighted by atomic mass is 10.0. The normalized spacial score (nSPS) is 12.1. The fourth-order valence-corrected chi connectivity index (χ4v) is 2.27. The lowest BCUT2D eigenvalue weighted by Gasteiger charge is -2.18. The summed E-state index contributed by atoms with van der Waals surface area (Å²) in [5.74, 6) is 0.215. The second-order valence-electron chi connectivity index (χ2n) is 5.41. The van der Waals surface area contributed by atoms with Gasteiger partial charge in [0.25, 0.3) is 5.91 Å². The summed E-state index contributed by atoms with van der Waals surface area (Å²) in [6.45, 7) is 5.25. The van der Waals surface area contributed by atoms with Gasteiger partial charge in [-0.05, 0) is 30.5 Å². The van der Waals surface area contributed by atoms with Crippen LogP contribution in [0.5, 0.6) is 5.75 Å². The molecule has 1 atom stereocenters. The van der Waals surface area contributed by atoms with Gasteiger partial charge in [0, 0.05) is 12.6 Å². The van der Waals surface area contributed by atoms with Gasteiger partial charge >= 0.3 is 0 Å². The van der Waals surface area contributed by atoms with E-state index in [2.05, 4.69) is 19.2 Å². The molecule has 1 aromatic carbocycles. The summed E-state index contributed by atoms with van der Waals surface area (Å²) in [5.41, 5.74) is 6.27. The maximum Gasteiger partial charge on any atom is 0.255 e. The van der Waals surface area contributed by atoms with Crippen molar-refractivity contribution in [3.8, 4) is 5.75 Å². The first-order chi connectivity index (χ1) is 10.2. The molecule has 1 unspecified atom stereocenters. The lowest BCUT2D eigenvalue weighted by Crippen LogP contribution is -2.28. The molecule has 0 aliphatic carbocycles. The Bertz CT molecular complexity index is 404. The predicted molar refractivity (Wildman–Crippen MR) is 86.2 cm³/mol. The van der Waals surface area contributed by atoms with Crippen LogP contribution in [0.1, 0.15) is 51.5 Å². The Hall–Kier alpha value is -1.55.